The number of methoxy groups -OCH3 is 3. The van der Waals surface area contributed by atoms with Crippen LogP contribution in [-0.4, -0.2) is 53.2 Å². The van der Waals surface area contributed by atoms with Gasteiger partial charge in [0.1, 0.15) is 22.9 Å². The van der Waals surface area contributed by atoms with Gasteiger partial charge in [-0.2, -0.15) is 4.68 Å². The van der Waals surface area contributed by atoms with Crippen LogP contribution in [0.2, 0.25) is 5.02 Å². The first-order chi connectivity index (χ1) is 14.5. The summed E-state index contributed by atoms with van der Waals surface area (Å²) in [5.74, 6) is 1.28. The van der Waals surface area contributed by atoms with Crippen LogP contribution in [0.25, 0.3) is 5.69 Å². The van der Waals surface area contributed by atoms with Crippen LogP contribution in [0.4, 0.5) is 5.69 Å². The molecular formula is C19H20ClN5O4S. The maximum Gasteiger partial charge on any atom is 0.234 e. The predicted molar refractivity (Wildman–Crippen MR) is 114 cm³/mol. The van der Waals surface area contributed by atoms with Gasteiger partial charge in [0, 0.05) is 12.1 Å². The Hall–Kier alpha value is -2.98. The Labute approximate surface area is 182 Å². The number of anilines is 1. The van der Waals surface area contributed by atoms with Crippen LogP contribution in [0.1, 0.15) is 5.56 Å². The maximum absolute atomic E-state index is 12.5. The number of aromatic nitrogens is 4. The monoisotopic (exact) mass is 449 g/mol. The number of hydrogen-bond donors (Lipinski definition) is 1. The number of halogens is 1. The van der Waals surface area contributed by atoms with Crippen molar-refractivity contribution < 1.29 is 19.0 Å². The zero-order chi connectivity index (χ0) is 21.7. The van der Waals surface area contributed by atoms with Crippen molar-refractivity contribution in [2.75, 3.05) is 32.4 Å². The molecule has 3 aromatic rings. The number of ether oxygens (including phenoxy) is 3. The molecule has 1 N–H and O–H groups in total. The summed E-state index contributed by atoms with van der Waals surface area (Å²) in [5.41, 5.74) is 2.16. The van der Waals surface area contributed by atoms with E-state index >= 15 is 0 Å². The SMILES string of the molecule is COc1cc(NC(=O)CSc2nnnn2-c2cc(C)ccc2OC)c(OC)cc1Cl. The molecule has 0 bridgehead atoms. The summed E-state index contributed by atoms with van der Waals surface area (Å²) in [7, 11) is 4.56. The lowest BCUT2D eigenvalue weighted by molar-refractivity contribution is -0.113. The highest BCUT2D eigenvalue weighted by Crippen LogP contribution is 2.36. The van der Waals surface area contributed by atoms with Crippen LogP contribution in [-0.2, 0) is 4.79 Å². The first kappa shape index (κ1) is 21.7. The van der Waals surface area contributed by atoms with Gasteiger partial charge in [-0.15, -0.1) is 5.10 Å². The molecule has 0 spiro atoms. The molecule has 2 aromatic carbocycles. The van der Waals surface area contributed by atoms with Gasteiger partial charge in [0.05, 0.1) is 37.8 Å². The third-order valence-corrected chi connectivity index (χ3v) is 5.30. The zero-order valence-corrected chi connectivity index (χ0v) is 18.4. The summed E-state index contributed by atoms with van der Waals surface area (Å²) in [4.78, 5) is 12.5. The molecule has 1 amide bonds. The van der Waals surface area contributed by atoms with Crippen LogP contribution < -0.4 is 19.5 Å². The van der Waals surface area contributed by atoms with Crippen LogP contribution >= 0.6 is 23.4 Å². The number of nitrogens with zero attached hydrogens (tertiary/aromatic N) is 4. The molecule has 0 aliphatic carbocycles. The molecule has 3 rings (SSSR count). The molecule has 0 saturated carbocycles. The third-order valence-electron chi connectivity index (χ3n) is 4.08. The molecule has 9 nitrogen and oxygen atoms in total. The number of thioether (sulfide) groups is 1. The van der Waals surface area contributed by atoms with E-state index in [1.807, 2.05) is 25.1 Å². The van der Waals surface area contributed by atoms with Crippen molar-refractivity contribution in [3.8, 4) is 22.9 Å². The lowest BCUT2D eigenvalue weighted by atomic mass is 10.2. The Morgan fingerprint density at radius 2 is 1.83 bits per heavy atom. The molecule has 0 aliphatic rings. The summed E-state index contributed by atoms with van der Waals surface area (Å²) < 4.78 is 17.4. The average Bonchev–Trinajstić information content (AvgIpc) is 3.21. The van der Waals surface area contributed by atoms with Crippen LogP contribution in [0.5, 0.6) is 17.2 Å². The number of tetrazole rings is 1. The van der Waals surface area contributed by atoms with Crippen molar-refractivity contribution in [3.05, 3.63) is 40.9 Å². The second-order valence-electron chi connectivity index (χ2n) is 6.07. The van der Waals surface area contributed by atoms with Gasteiger partial charge < -0.3 is 19.5 Å². The Bertz CT molecular complexity index is 1060. The second-order valence-corrected chi connectivity index (χ2v) is 7.42. The van der Waals surface area contributed by atoms with Crippen molar-refractivity contribution in [3.63, 3.8) is 0 Å². The van der Waals surface area contributed by atoms with Crippen LogP contribution in [0.15, 0.2) is 35.5 Å². The number of hydrogen-bond acceptors (Lipinski definition) is 8. The quantitative estimate of drug-likeness (QED) is 0.522. The third kappa shape index (κ3) is 4.77. The number of aryl methyl sites for hydroxylation is 1. The molecule has 11 heteroatoms. The molecule has 0 saturated heterocycles. The lowest BCUT2D eigenvalue weighted by Gasteiger charge is -2.13. The number of amides is 1. The van der Waals surface area contributed by atoms with Gasteiger partial charge >= 0.3 is 0 Å². The minimum absolute atomic E-state index is 0.0720. The predicted octanol–water partition coefficient (Wildman–Crippen LogP) is 3.38. The van der Waals surface area contributed by atoms with E-state index in [1.54, 1.807) is 19.2 Å². The van der Waals surface area contributed by atoms with Gasteiger partial charge in [0.2, 0.25) is 11.1 Å². The summed E-state index contributed by atoms with van der Waals surface area (Å²) in [6.07, 6.45) is 0. The van der Waals surface area contributed by atoms with Crippen LogP contribution in [0.3, 0.4) is 0 Å². The normalized spacial score (nSPS) is 10.6. The number of rotatable bonds is 8. The lowest BCUT2D eigenvalue weighted by Crippen LogP contribution is -2.15. The Morgan fingerprint density at radius 1 is 1.10 bits per heavy atom. The van der Waals surface area contributed by atoms with E-state index in [9.17, 15) is 4.79 Å². The van der Waals surface area contributed by atoms with E-state index in [0.29, 0.717) is 38.8 Å². The van der Waals surface area contributed by atoms with Crippen molar-refractivity contribution in [1.82, 2.24) is 20.2 Å². The fraction of sp³-hybridized carbons (Fsp3) is 0.263. The molecule has 1 heterocycles. The molecule has 1 aromatic heterocycles. The highest BCUT2D eigenvalue weighted by atomic mass is 35.5. The first-order valence-corrected chi connectivity index (χ1v) is 10.1. The molecule has 158 valence electrons. The smallest absolute Gasteiger partial charge is 0.234 e. The first-order valence-electron chi connectivity index (χ1n) is 8.74. The Balaban J connectivity index is 1.75. The highest BCUT2D eigenvalue weighted by Gasteiger charge is 2.17. The molecule has 0 unspecified atom stereocenters. The summed E-state index contributed by atoms with van der Waals surface area (Å²) in [6.45, 7) is 1.96. The van der Waals surface area contributed by atoms with Crippen molar-refractivity contribution in [1.29, 1.82) is 0 Å². The molecule has 0 fully saturated rings. The summed E-state index contributed by atoms with van der Waals surface area (Å²) in [6, 6.07) is 8.86. The standard InChI is InChI=1S/C19H20ClN5O4S/c1-11-5-6-15(27-2)14(7-11)25-19(22-23-24-25)30-10-18(26)21-13-9-16(28-3)12(20)8-17(13)29-4/h5-9H,10H2,1-4H3,(H,21,26). The van der Waals surface area contributed by atoms with E-state index in [1.165, 1.54) is 30.7 Å². The molecular weight excluding hydrogens is 430 g/mol. The topological polar surface area (TPSA) is 100 Å². The minimum atomic E-state index is -0.270. The Kier molecular flexibility index (Phi) is 7.01. The van der Waals surface area contributed by atoms with E-state index in [-0.39, 0.29) is 11.7 Å². The van der Waals surface area contributed by atoms with Gasteiger partial charge in [-0.1, -0.05) is 29.4 Å². The average molecular weight is 450 g/mol. The van der Waals surface area contributed by atoms with Crippen molar-refractivity contribution in [2.24, 2.45) is 0 Å². The molecule has 0 atom stereocenters. The fourth-order valence-corrected chi connectivity index (χ4v) is 3.57. The van der Waals surface area contributed by atoms with Gasteiger partial charge in [-0.05, 0) is 35.0 Å². The number of carbonyl (C=O) groups excluding carboxylic acids is 1. The molecule has 0 aliphatic heterocycles. The Morgan fingerprint density at radius 3 is 2.53 bits per heavy atom. The van der Waals surface area contributed by atoms with E-state index < -0.39 is 0 Å². The second kappa shape index (κ2) is 9.68. The number of carbonyl (C=O) groups is 1. The molecule has 30 heavy (non-hydrogen) atoms. The zero-order valence-electron chi connectivity index (χ0n) is 16.8. The maximum atomic E-state index is 12.5. The van der Waals surface area contributed by atoms with E-state index in [4.69, 9.17) is 25.8 Å². The van der Waals surface area contributed by atoms with Crippen molar-refractivity contribution in [2.45, 2.75) is 12.1 Å². The van der Waals surface area contributed by atoms with E-state index in [2.05, 4.69) is 20.8 Å². The minimum Gasteiger partial charge on any atom is -0.495 e. The largest absolute Gasteiger partial charge is 0.495 e. The van der Waals surface area contributed by atoms with Crippen molar-refractivity contribution >= 4 is 35.0 Å². The van der Waals surface area contributed by atoms with Crippen LogP contribution in [0, 0.1) is 6.92 Å². The van der Waals surface area contributed by atoms with Gasteiger partial charge in [0.25, 0.3) is 0 Å². The number of benzene rings is 2. The van der Waals surface area contributed by atoms with Gasteiger partial charge in [-0.25, -0.2) is 0 Å². The fourth-order valence-electron chi connectivity index (χ4n) is 2.66. The van der Waals surface area contributed by atoms with Gasteiger partial charge in [-0.3, -0.25) is 4.79 Å². The number of nitrogens with one attached hydrogen (secondary N) is 1. The summed E-state index contributed by atoms with van der Waals surface area (Å²) >= 11 is 7.29. The highest BCUT2D eigenvalue weighted by molar-refractivity contribution is 7.99. The van der Waals surface area contributed by atoms with Gasteiger partial charge in [0.15, 0.2) is 0 Å². The summed E-state index contributed by atoms with van der Waals surface area (Å²) in [5, 5.41) is 15.4. The molecule has 0 radical (unpaired) electrons. The van der Waals surface area contributed by atoms with E-state index in [0.717, 1.165) is 5.56 Å².